The molecule has 0 fully saturated rings. The number of halogens is 5. The third-order valence-electron chi connectivity index (χ3n) is 3.42. The first-order chi connectivity index (χ1) is 12.2. The van der Waals surface area contributed by atoms with Gasteiger partial charge in [-0.25, -0.2) is 0 Å². The van der Waals surface area contributed by atoms with E-state index in [0.717, 1.165) is 16.1 Å². The van der Waals surface area contributed by atoms with Crippen molar-refractivity contribution in [1.29, 1.82) is 0 Å². The maximum absolute atomic E-state index is 13.2. The molecule has 0 spiro atoms. The lowest BCUT2D eigenvalue weighted by molar-refractivity contribution is -0.143. The summed E-state index contributed by atoms with van der Waals surface area (Å²) >= 11 is 6.70. The van der Waals surface area contributed by atoms with Gasteiger partial charge in [0.1, 0.15) is 11.5 Å². The maximum atomic E-state index is 13.2. The van der Waals surface area contributed by atoms with Crippen LogP contribution in [-0.4, -0.2) is 12.6 Å². The molecule has 0 aliphatic carbocycles. The number of hydrogen-bond acceptors (Lipinski definition) is 3. The molecule has 0 saturated heterocycles. The number of rotatable bonds is 6. The Hall–Kier alpha value is -1.54. The van der Waals surface area contributed by atoms with Crippen molar-refractivity contribution >= 4 is 37.8 Å². The van der Waals surface area contributed by atoms with Crippen LogP contribution in [0.15, 0.2) is 40.9 Å². The number of benzene rings is 2. The van der Waals surface area contributed by atoms with Crippen molar-refractivity contribution in [2.24, 2.45) is 0 Å². The van der Waals surface area contributed by atoms with Crippen LogP contribution in [-0.2, 0) is 27.5 Å². The molecular formula is C18H15Br2F3O3. The molecule has 2 aromatic rings. The van der Waals surface area contributed by atoms with Crippen LogP contribution in [0.3, 0.4) is 0 Å². The van der Waals surface area contributed by atoms with E-state index in [-0.39, 0.29) is 17.9 Å². The predicted octanol–water partition coefficient (Wildman–Crippen LogP) is 6.26. The van der Waals surface area contributed by atoms with Crippen LogP contribution in [0, 0.1) is 0 Å². The predicted molar refractivity (Wildman–Crippen MR) is 98.6 cm³/mol. The molecular weight excluding hydrogens is 481 g/mol. The second-order valence-electron chi connectivity index (χ2n) is 5.29. The van der Waals surface area contributed by atoms with Gasteiger partial charge in [0.05, 0.1) is 18.6 Å². The van der Waals surface area contributed by atoms with E-state index < -0.39 is 24.1 Å². The summed E-state index contributed by atoms with van der Waals surface area (Å²) in [5.41, 5.74) is -0.244. The number of esters is 1. The summed E-state index contributed by atoms with van der Waals surface area (Å²) in [7, 11) is 0. The first-order valence-corrected chi connectivity index (χ1v) is 9.54. The van der Waals surface area contributed by atoms with E-state index in [2.05, 4.69) is 31.9 Å². The van der Waals surface area contributed by atoms with E-state index in [4.69, 9.17) is 9.47 Å². The molecule has 0 heterocycles. The van der Waals surface area contributed by atoms with Gasteiger partial charge in [0.15, 0.2) is 0 Å². The zero-order valence-corrected chi connectivity index (χ0v) is 16.9. The quantitative estimate of drug-likeness (QED) is 0.350. The van der Waals surface area contributed by atoms with E-state index in [1.165, 1.54) is 12.1 Å². The zero-order valence-electron chi connectivity index (χ0n) is 13.7. The molecule has 3 nitrogen and oxygen atoms in total. The molecule has 0 aliphatic heterocycles. The topological polar surface area (TPSA) is 35.5 Å². The van der Waals surface area contributed by atoms with Crippen molar-refractivity contribution in [3.63, 3.8) is 0 Å². The van der Waals surface area contributed by atoms with Gasteiger partial charge in [-0.15, -0.1) is 0 Å². The van der Waals surface area contributed by atoms with Gasteiger partial charge in [0, 0.05) is 15.4 Å². The average molecular weight is 496 g/mol. The molecule has 2 rings (SSSR count). The normalized spacial score (nSPS) is 11.3. The van der Waals surface area contributed by atoms with Gasteiger partial charge in [-0.05, 0) is 48.9 Å². The van der Waals surface area contributed by atoms with Gasteiger partial charge in [0.2, 0.25) is 0 Å². The Balaban J connectivity index is 2.37. The Morgan fingerprint density at radius 3 is 2.46 bits per heavy atom. The lowest BCUT2D eigenvalue weighted by Crippen LogP contribution is -2.14. The Labute approximate surface area is 165 Å². The van der Waals surface area contributed by atoms with Gasteiger partial charge < -0.3 is 9.47 Å². The summed E-state index contributed by atoms with van der Waals surface area (Å²) in [5.74, 6) is -0.00585. The van der Waals surface area contributed by atoms with Crippen molar-refractivity contribution in [3.8, 4) is 11.5 Å². The summed E-state index contributed by atoms with van der Waals surface area (Å²) < 4.78 is 51.0. The van der Waals surface area contributed by atoms with E-state index in [1.807, 2.05) is 6.07 Å². The molecule has 0 aromatic heterocycles. The Kier molecular flexibility index (Phi) is 7.11. The number of alkyl halides is 4. The van der Waals surface area contributed by atoms with Crippen LogP contribution >= 0.6 is 31.9 Å². The van der Waals surface area contributed by atoms with Crippen LogP contribution in [0.25, 0.3) is 0 Å². The Morgan fingerprint density at radius 2 is 1.85 bits per heavy atom. The highest BCUT2D eigenvalue weighted by atomic mass is 79.9. The second-order valence-corrected chi connectivity index (χ2v) is 6.76. The molecule has 0 saturated carbocycles. The average Bonchev–Trinajstić information content (AvgIpc) is 2.55. The minimum atomic E-state index is -4.57. The molecule has 0 radical (unpaired) electrons. The van der Waals surface area contributed by atoms with E-state index in [0.29, 0.717) is 11.1 Å². The minimum absolute atomic E-state index is 0.101. The summed E-state index contributed by atoms with van der Waals surface area (Å²) in [6.45, 7) is 1.70. The molecule has 0 amide bonds. The lowest BCUT2D eigenvalue weighted by Gasteiger charge is -2.15. The highest BCUT2D eigenvalue weighted by molar-refractivity contribution is 9.10. The Bertz CT molecular complexity index is 792. The van der Waals surface area contributed by atoms with Crippen LogP contribution < -0.4 is 4.74 Å². The van der Waals surface area contributed by atoms with Crippen molar-refractivity contribution in [2.45, 2.75) is 24.9 Å². The molecule has 0 bridgehead atoms. The number of carbonyl (C=O) groups excluding carboxylic acids is 1. The highest BCUT2D eigenvalue weighted by Gasteiger charge is 2.34. The van der Waals surface area contributed by atoms with Crippen molar-refractivity contribution in [2.75, 3.05) is 6.61 Å². The van der Waals surface area contributed by atoms with Crippen LogP contribution in [0.5, 0.6) is 11.5 Å². The van der Waals surface area contributed by atoms with Crippen LogP contribution in [0.2, 0.25) is 0 Å². The molecule has 0 atom stereocenters. The third kappa shape index (κ3) is 5.48. The van der Waals surface area contributed by atoms with Gasteiger partial charge in [0.25, 0.3) is 0 Å². The standard InChI is InChI=1S/C18H15Br2F3O3/c1-2-25-17(24)9-11-8-14(4-5-15(11)18(21,22)23)26-16-6-3-13(20)7-12(16)10-19/h3-8H,2,9-10H2,1H3. The van der Waals surface area contributed by atoms with Gasteiger partial charge >= 0.3 is 12.1 Å². The first-order valence-electron chi connectivity index (χ1n) is 7.62. The maximum Gasteiger partial charge on any atom is 0.416 e. The lowest BCUT2D eigenvalue weighted by atomic mass is 10.0. The van der Waals surface area contributed by atoms with E-state index >= 15 is 0 Å². The second kappa shape index (κ2) is 8.90. The molecule has 0 N–H and O–H groups in total. The molecule has 0 unspecified atom stereocenters. The summed E-state index contributed by atoms with van der Waals surface area (Å²) in [6, 6.07) is 8.69. The molecule has 26 heavy (non-hydrogen) atoms. The van der Waals surface area contributed by atoms with Gasteiger partial charge in [-0.1, -0.05) is 31.9 Å². The van der Waals surface area contributed by atoms with Gasteiger partial charge in [-0.2, -0.15) is 13.2 Å². The molecule has 2 aromatic carbocycles. The highest BCUT2D eigenvalue weighted by Crippen LogP contribution is 2.36. The van der Waals surface area contributed by atoms with Gasteiger partial charge in [-0.3, -0.25) is 4.79 Å². The first kappa shape index (κ1) is 20.8. The summed E-state index contributed by atoms with van der Waals surface area (Å²) in [6.07, 6.45) is -5.05. The largest absolute Gasteiger partial charge is 0.466 e. The number of ether oxygens (including phenoxy) is 2. The van der Waals surface area contributed by atoms with Crippen LogP contribution in [0.4, 0.5) is 13.2 Å². The van der Waals surface area contributed by atoms with Crippen molar-refractivity contribution in [1.82, 2.24) is 0 Å². The van der Waals surface area contributed by atoms with E-state index in [1.54, 1.807) is 19.1 Å². The van der Waals surface area contributed by atoms with Crippen LogP contribution in [0.1, 0.15) is 23.6 Å². The number of hydrogen-bond donors (Lipinski definition) is 0. The molecule has 8 heteroatoms. The number of carbonyl (C=O) groups is 1. The molecule has 140 valence electrons. The van der Waals surface area contributed by atoms with E-state index in [9.17, 15) is 18.0 Å². The Morgan fingerprint density at radius 1 is 1.12 bits per heavy atom. The zero-order chi connectivity index (χ0) is 19.3. The fraction of sp³-hybridized carbons (Fsp3) is 0.278. The fourth-order valence-electron chi connectivity index (χ4n) is 2.30. The summed E-state index contributed by atoms with van der Waals surface area (Å²) in [5, 5.41) is 0.512. The SMILES string of the molecule is CCOC(=O)Cc1cc(Oc2ccc(Br)cc2CBr)ccc1C(F)(F)F. The van der Waals surface area contributed by atoms with Crippen molar-refractivity contribution in [3.05, 3.63) is 57.6 Å². The third-order valence-corrected chi connectivity index (χ3v) is 4.51. The minimum Gasteiger partial charge on any atom is -0.466 e. The fourth-order valence-corrected chi connectivity index (χ4v) is 3.15. The molecule has 0 aliphatic rings. The smallest absolute Gasteiger partial charge is 0.416 e. The monoisotopic (exact) mass is 494 g/mol. The van der Waals surface area contributed by atoms with Crippen molar-refractivity contribution < 1.29 is 27.4 Å². The summed E-state index contributed by atoms with van der Waals surface area (Å²) in [4.78, 5) is 11.7.